The van der Waals surface area contributed by atoms with Gasteiger partial charge in [-0.25, -0.2) is 0 Å². The molecule has 0 aliphatic heterocycles. The summed E-state index contributed by atoms with van der Waals surface area (Å²) in [5.74, 6) is 0.291. The van der Waals surface area contributed by atoms with Gasteiger partial charge in [-0.15, -0.1) is 0 Å². The van der Waals surface area contributed by atoms with Gasteiger partial charge in [0.25, 0.3) is 10.1 Å². The first-order chi connectivity index (χ1) is 12.0. The molecule has 5 nitrogen and oxygen atoms in total. The van der Waals surface area contributed by atoms with Gasteiger partial charge in [-0.1, -0.05) is 63.6 Å². The highest BCUT2D eigenvalue weighted by Crippen LogP contribution is 2.10. The Bertz CT molecular complexity index is 530. The predicted octanol–water partition coefficient (Wildman–Crippen LogP) is 4.53. The summed E-state index contributed by atoms with van der Waals surface area (Å²) in [5.41, 5.74) is 0. The molecule has 0 saturated heterocycles. The van der Waals surface area contributed by atoms with Crippen LogP contribution in [0.25, 0.3) is 0 Å². The highest BCUT2D eigenvalue weighted by molar-refractivity contribution is 7.86. The number of para-hydroxylation sites is 1. The van der Waals surface area contributed by atoms with E-state index < -0.39 is 16.1 Å². The third-order valence-electron chi connectivity index (χ3n) is 3.74. The molecule has 6 heteroatoms. The first-order valence-electron chi connectivity index (χ1n) is 9.20. The maximum Gasteiger partial charge on any atom is 0.291 e. The van der Waals surface area contributed by atoms with Crippen LogP contribution in [0.1, 0.15) is 58.8 Å². The molecule has 0 amide bonds. The van der Waals surface area contributed by atoms with Gasteiger partial charge in [0.2, 0.25) is 0 Å². The second-order valence-corrected chi connectivity index (χ2v) is 7.81. The Morgan fingerprint density at radius 3 is 2.28 bits per heavy atom. The van der Waals surface area contributed by atoms with Crippen molar-refractivity contribution in [2.45, 2.75) is 64.9 Å². The van der Waals surface area contributed by atoms with Gasteiger partial charge in [-0.05, 0) is 25.5 Å². The quantitative estimate of drug-likeness (QED) is 0.334. The normalized spacial score (nSPS) is 12.9. The zero-order valence-electron chi connectivity index (χ0n) is 15.5. The average molecular weight is 373 g/mol. The Morgan fingerprint density at radius 1 is 0.960 bits per heavy atom. The smallest absolute Gasteiger partial charge is 0.291 e. The van der Waals surface area contributed by atoms with Crippen molar-refractivity contribution in [2.75, 3.05) is 19.2 Å². The molecule has 144 valence electrons. The van der Waals surface area contributed by atoms with E-state index >= 15 is 0 Å². The molecule has 0 spiro atoms. The third kappa shape index (κ3) is 12.0. The second kappa shape index (κ2) is 13.1. The van der Waals surface area contributed by atoms with Gasteiger partial charge < -0.3 is 9.47 Å². The Labute approximate surface area is 152 Å². The topological polar surface area (TPSA) is 61.8 Å². The van der Waals surface area contributed by atoms with Gasteiger partial charge in [0.1, 0.15) is 12.4 Å². The molecule has 0 aliphatic carbocycles. The Morgan fingerprint density at radius 2 is 1.60 bits per heavy atom. The van der Waals surface area contributed by atoms with Crippen LogP contribution < -0.4 is 4.74 Å². The van der Waals surface area contributed by atoms with Crippen LogP contribution in [0, 0.1) is 0 Å². The van der Waals surface area contributed by atoms with Gasteiger partial charge in [0.15, 0.2) is 5.94 Å². The summed E-state index contributed by atoms with van der Waals surface area (Å²) < 4.78 is 39.4. The van der Waals surface area contributed by atoms with Crippen molar-refractivity contribution in [1.29, 1.82) is 0 Å². The number of ether oxygens (including phenoxy) is 2. The van der Waals surface area contributed by atoms with Crippen LogP contribution in [-0.2, 0) is 19.0 Å². The van der Waals surface area contributed by atoms with Gasteiger partial charge in [-0.2, -0.15) is 8.42 Å². The maximum absolute atomic E-state index is 11.8. The third-order valence-corrected chi connectivity index (χ3v) is 4.69. The lowest BCUT2D eigenvalue weighted by atomic mass is 10.1. The van der Waals surface area contributed by atoms with E-state index in [0.717, 1.165) is 25.0 Å². The fourth-order valence-electron chi connectivity index (χ4n) is 2.26. The van der Waals surface area contributed by atoms with Crippen molar-refractivity contribution >= 4 is 10.1 Å². The van der Waals surface area contributed by atoms with E-state index in [9.17, 15) is 8.42 Å². The number of hydrogen-bond acceptors (Lipinski definition) is 5. The molecule has 1 aromatic carbocycles. The summed E-state index contributed by atoms with van der Waals surface area (Å²) in [6, 6.07) is 9.34. The molecule has 0 bridgehead atoms. The van der Waals surface area contributed by atoms with Crippen molar-refractivity contribution in [1.82, 2.24) is 0 Å². The fraction of sp³-hybridized carbons (Fsp3) is 0.684. The zero-order valence-corrected chi connectivity index (χ0v) is 16.3. The van der Waals surface area contributed by atoms with Crippen LogP contribution in [-0.4, -0.2) is 33.7 Å². The molecule has 25 heavy (non-hydrogen) atoms. The second-order valence-electron chi connectivity index (χ2n) is 6.22. The van der Waals surface area contributed by atoms with Gasteiger partial charge in [0.05, 0.1) is 12.7 Å². The highest BCUT2D eigenvalue weighted by atomic mass is 32.2. The summed E-state index contributed by atoms with van der Waals surface area (Å²) in [6.07, 6.45) is 7.53. The van der Waals surface area contributed by atoms with Gasteiger partial charge in [0, 0.05) is 0 Å². The molecule has 0 fully saturated rings. The van der Waals surface area contributed by atoms with Crippen LogP contribution in [0.5, 0.6) is 5.75 Å². The van der Waals surface area contributed by atoms with Crippen LogP contribution in [0.4, 0.5) is 0 Å². The van der Waals surface area contributed by atoms with E-state index in [0.29, 0.717) is 0 Å². The molecule has 0 saturated carbocycles. The van der Waals surface area contributed by atoms with Crippen molar-refractivity contribution in [3.8, 4) is 5.75 Å². The van der Waals surface area contributed by atoms with Crippen LogP contribution in [0.2, 0.25) is 0 Å². The molecule has 1 aromatic rings. The Hall–Kier alpha value is -1.11. The number of rotatable bonds is 15. The molecule has 0 heterocycles. The standard InChI is InChI=1S/C19H32O5S/c1-3-4-5-6-7-8-12-15-24-25(20,21)17-23-18(2)16-22-19-13-10-9-11-14-19/h9-11,13-14,18H,3-8,12,15-17H2,1-2H3. The summed E-state index contributed by atoms with van der Waals surface area (Å²) in [5, 5.41) is 0. The first-order valence-corrected chi connectivity index (χ1v) is 10.8. The lowest BCUT2D eigenvalue weighted by molar-refractivity contribution is 0.0545. The minimum absolute atomic E-state index is 0.231. The summed E-state index contributed by atoms with van der Waals surface area (Å²) in [6.45, 7) is 4.48. The van der Waals surface area contributed by atoms with Crippen molar-refractivity contribution in [3.05, 3.63) is 30.3 Å². The molecule has 1 rings (SSSR count). The van der Waals surface area contributed by atoms with Gasteiger partial charge >= 0.3 is 0 Å². The van der Waals surface area contributed by atoms with Crippen LogP contribution in [0.15, 0.2) is 30.3 Å². The highest BCUT2D eigenvalue weighted by Gasteiger charge is 2.14. The predicted molar refractivity (Wildman–Crippen MR) is 100 cm³/mol. The van der Waals surface area contributed by atoms with Gasteiger partial charge in [-0.3, -0.25) is 4.18 Å². The minimum atomic E-state index is -3.64. The van der Waals surface area contributed by atoms with Crippen molar-refractivity contribution in [3.63, 3.8) is 0 Å². The zero-order chi connectivity index (χ0) is 18.4. The lowest BCUT2D eigenvalue weighted by Gasteiger charge is -2.14. The molecule has 1 unspecified atom stereocenters. The van der Waals surface area contributed by atoms with E-state index in [4.69, 9.17) is 13.7 Å². The number of hydrogen-bond donors (Lipinski definition) is 0. The Balaban J connectivity index is 2.07. The lowest BCUT2D eigenvalue weighted by Crippen LogP contribution is -2.23. The molecule has 0 radical (unpaired) electrons. The van der Waals surface area contributed by atoms with E-state index in [1.165, 1.54) is 25.7 Å². The maximum atomic E-state index is 11.8. The SMILES string of the molecule is CCCCCCCCCOS(=O)(=O)COC(C)COc1ccccc1. The van der Waals surface area contributed by atoms with E-state index in [2.05, 4.69) is 6.92 Å². The summed E-state index contributed by atoms with van der Waals surface area (Å²) in [7, 11) is -3.64. The van der Waals surface area contributed by atoms with Crippen molar-refractivity contribution < 1.29 is 22.1 Å². The average Bonchev–Trinajstić information content (AvgIpc) is 2.61. The van der Waals surface area contributed by atoms with E-state index in [1.807, 2.05) is 30.3 Å². The van der Waals surface area contributed by atoms with Crippen LogP contribution >= 0.6 is 0 Å². The van der Waals surface area contributed by atoms with E-state index in [-0.39, 0.29) is 19.3 Å². The van der Waals surface area contributed by atoms with E-state index in [1.54, 1.807) is 6.92 Å². The van der Waals surface area contributed by atoms with Crippen molar-refractivity contribution in [2.24, 2.45) is 0 Å². The number of benzene rings is 1. The molecule has 0 aliphatic rings. The fourth-order valence-corrected chi connectivity index (χ4v) is 3.10. The number of unbranched alkanes of at least 4 members (excludes halogenated alkanes) is 6. The first kappa shape index (κ1) is 21.9. The Kier molecular flexibility index (Phi) is 11.5. The molecular weight excluding hydrogens is 340 g/mol. The monoisotopic (exact) mass is 372 g/mol. The summed E-state index contributed by atoms with van der Waals surface area (Å²) in [4.78, 5) is 0. The molecular formula is C19H32O5S. The largest absolute Gasteiger partial charge is 0.491 e. The summed E-state index contributed by atoms with van der Waals surface area (Å²) >= 11 is 0. The molecule has 1 atom stereocenters. The minimum Gasteiger partial charge on any atom is -0.491 e. The molecule has 0 aromatic heterocycles. The van der Waals surface area contributed by atoms with Crippen LogP contribution in [0.3, 0.4) is 0 Å². The molecule has 0 N–H and O–H groups in total.